The summed E-state index contributed by atoms with van der Waals surface area (Å²) in [6, 6.07) is 5.86. The van der Waals surface area contributed by atoms with E-state index in [9.17, 15) is 9.59 Å². The molecule has 2 rings (SSSR count). The van der Waals surface area contributed by atoms with E-state index in [0.717, 1.165) is 0 Å². The van der Waals surface area contributed by atoms with Crippen molar-refractivity contribution in [2.75, 3.05) is 31.6 Å². The summed E-state index contributed by atoms with van der Waals surface area (Å²) in [5.74, 6) is -0.0972. The summed E-state index contributed by atoms with van der Waals surface area (Å²) < 4.78 is 5.26. The maximum atomic E-state index is 12.6. The fourth-order valence-corrected chi connectivity index (χ4v) is 2.56. The summed E-state index contributed by atoms with van der Waals surface area (Å²) in [5, 5.41) is 5.99. The van der Waals surface area contributed by atoms with Crippen LogP contribution in [0.25, 0.3) is 0 Å². The van der Waals surface area contributed by atoms with Crippen molar-refractivity contribution in [1.82, 2.24) is 10.2 Å². The number of rotatable bonds is 4. The van der Waals surface area contributed by atoms with Crippen molar-refractivity contribution in [1.29, 1.82) is 0 Å². The fraction of sp³-hybridized carbons (Fsp3) is 0.500. The highest BCUT2D eigenvalue weighted by Gasteiger charge is 2.29. The molecule has 0 saturated carbocycles. The van der Waals surface area contributed by atoms with Crippen LogP contribution in [0.5, 0.6) is 0 Å². The van der Waals surface area contributed by atoms with Crippen molar-refractivity contribution in [2.45, 2.75) is 19.9 Å². The summed E-state index contributed by atoms with van der Waals surface area (Å²) in [5.41, 5.74) is 0.580. The largest absolute Gasteiger partial charge is 0.378 e. The number of carbonyl (C=O) groups is 2. The standard InChI is InChI=1S/C16H22ClN3O3/c1-11(2)14(15(21)20-6-8-23-9-7-20)19-16(22)18-13-5-3-4-12(17)10-13/h3-5,10-11,14H,6-9H2,1-2H3,(H2,18,19,22)/t14-/m0/s1. The zero-order valence-electron chi connectivity index (χ0n) is 13.3. The third kappa shape index (κ3) is 5.11. The lowest BCUT2D eigenvalue weighted by Gasteiger charge is -2.32. The zero-order chi connectivity index (χ0) is 16.8. The molecule has 126 valence electrons. The van der Waals surface area contributed by atoms with Gasteiger partial charge in [-0.05, 0) is 24.1 Å². The van der Waals surface area contributed by atoms with Crippen LogP contribution < -0.4 is 10.6 Å². The monoisotopic (exact) mass is 339 g/mol. The highest BCUT2D eigenvalue weighted by atomic mass is 35.5. The molecule has 1 aromatic carbocycles. The van der Waals surface area contributed by atoms with Crippen LogP contribution in [0.2, 0.25) is 5.02 Å². The SMILES string of the molecule is CC(C)[C@H](NC(=O)Nc1cccc(Cl)c1)C(=O)N1CCOCC1. The van der Waals surface area contributed by atoms with Crippen LogP contribution in [-0.2, 0) is 9.53 Å². The minimum atomic E-state index is -0.577. The predicted molar refractivity (Wildman–Crippen MR) is 89.6 cm³/mol. The first kappa shape index (κ1) is 17.6. The Morgan fingerprint density at radius 2 is 1.96 bits per heavy atom. The number of amides is 3. The fourth-order valence-electron chi connectivity index (χ4n) is 2.37. The van der Waals surface area contributed by atoms with E-state index in [4.69, 9.17) is 16.3 Å². The van der Waals surface area contributed by atoms with Crippen LogP contribution in [-0.4, -0.2) is 49.2 Å². The smallest absolute Gasteiger partial charge is 0.319 e. The van der Waals surface area contributed by atoms with Crippen LogP contribution in [0.15, 0.2) is 24.3 Å². The van der Waals surface area contributed by atoms with E-state index in [1.54, 1.807) is 29.2 Å². The van der Waals surface area contributed by atoms with E-state index in [1.165, 1.54) is 0 Å². The zero-order valence-corrected chi connectivity index (χ0v) is 14.1. The van der Waals surface area contributed by atoms with E-state index >= 15 is 0 Å². The Balaban J connectivity index is 1.98. The van der Waals surface area contributed by atoms with Crippen molar-refractivity contribution in [3.63, 3.8) is 0 Å². The molecular formula is C16H22ClN3O3. The lowest BCUT2D eigenvalue weighted by molar-refractivity contribution is -0.138. The minimum Gasteiger partial charge on any atom is -0.378 e. The molecule has 23 heavy (non-hydrogen) atoms. The molecule has 3 amide bonds. The van der Waals surface area contributed by atoms with Gasteiger partial charge in [0.15, 0.2) is 0 Å². The minimum absolute atomic E-state index is 0.0181. The summed E-state index contributed by atoms with van der Waals surface area (Å²) in [7, 11) is 0. The second-order valence-electron chi connectivity index (χ2n) is 5.77. The first-order valence-corrected chi connectivity index (χ1v) is 8.05. The van der Waals surface area contributed by atoms with Gasteiger partial charge in [0.2, 0.25) is 5.91 Å². The van der Waals surface area contributed by atoms with Gasteiger partial charge in [-0.25, -0.2) is 4.79 Å². The molecule has 1 aliphatic rings. The number of nitrogens with zero attached hydrogens (tertiary/aromatic N) is 1. The third-order valence-corrected chi connectivity index (χ3v) is 3.86. The highest BCUT2D eigenvalue weighted by Crippen LogP contribution is 2.15. The average molecular weight is 340 g/mol. The molecule has 0 bridgehead atoms. The van der Waals surface area contributed by atoms with E-state index in [2.05, 4.69) is 10.6 Å². The Labute approximate surface area is 141 Å². The van der Waals surface area contributed by atoms with Gasteiger partial charge in [-0.15, -0.1) is 0 Å². The maximum absolute atomic E-state index is 12.6. The Hall–Kier alpha value is -1.79. The van der Waals surface area contributed by atoms with Gasteiger partial charge in [-0.2, -0.15) is 0 Å². The number of ether oxygens (including phenoxy) is 1. The lowest BCUT2D eigenvalue weighted by Crippen LogP contribution is -2.54. The number of morpholine rings is 1. The van der Waals surface area contributed by atoms with Gasteiger partial charge in [-0.3, -0.25) is 4.79 Å². The molecular weight excluding hydrogens is 318 g/mol. The van der Waals surface area contributed by atoms with Crippen molar-refractivity contribution < 1.29 is 14.3 Å². The topological polar surface area (TPSA) is 70.7 Å². The summed E-state index contributed by atoms with van der Waals surface area (Å²) in [4.78, 5) is 26.5. The number of anilines is 1. The Kier molecular flexibility index (Phi) is 6.24. The lowest BCUT2D eigenvalue weighted by atomic mass is 10.0. The van der Waals surface area contributed by atoms with Gasteiger partial charge >= 0.3 is 6.03 Å². The summed E-state index contributed by atoms with van der Waals surface area (Å²) in [6.45, 7) is 5.99. The van der Waals surface area contributed by atoms with E-state index in [1.807, 2.05) is 13.8 Å². The van der Waals surface area contributed by atoms with Gasteiger partial charge in [0.25, 0.3) is 0 Å². The van der Waals surface area contributed by atoms with Crippen LogP contribution in [0, 0.1) is 5.92 Å². The number of hydrogen-bond acceptors (Lipinski definition) is 3. The number of halogens is 1. The molecule has 0 spiro atoms. The molecule has 1 aromatic rings. The van der Waals surface area contributed by atoms with Crippen molar-refractivity contribution in [3.8, 4) is 0 Å². The Morgan fingerprint density at radius 1 is 1.26 bits per heavy atom. The molecule has 1 fully saturated rings. The maximum Gasteiger partial charge on any atom is 0.319 e. The highest BCUT2D eigenvalue weighted by molar-refractivity contribution is 6.30. The van der Waals surface area contributed by atoms with Gasteiger partial charge in [0, 0.05) is 23.8 Å². The summed E-state index contributed by atoms with van der Waals surface area (Å²) in [6.07, 6.45) is 0. The van der Waals surface area contributed by atoms with Gasteiger partial charge in [0.1, 0.15) is 6.04 Å². The molecule has 1 aliphatic heterocycles. The van der Waals surface area contributed by atoms with Gasteiger partial charge in [0.05, 0.1) is 13.2 Å². The third-order valence-electron chi connectivity index (χ3n) is 3.62. The first-order valence-electron chi connectivity index (χ1n) is 7.67. The van der Waals surface area contributed by atoms with Crippen LogP contribution >= 0.6 is 11.6 Å². The number of benzene rings is 1. The number of urea groups is 1. The number of nitrogens with one attached hydrogen (secondary N) is 2. The number of hydrogen-bond donors (Lipinski definition) is 2. The molecule has 0 radical (unpaired) electrons. The predicted octanol–water partition coefficient (Wildman–Crippen LogP) is 2.34. The van der Waals surface area contributed by atoms with Crippen LogP contribution in [0.3, 0.4) is 0 Å². The second kappa shape index (κ2) is 8.17. The molecule has 0 unspecified atom stereocenters. The quantitative estimate of drug-likeness (QED) is 0.884. The van der Waals surface area contributed by atoms with Gasteiger partial charge in [-0.1, -0.05) is 31.5 Å². The average Bonchev–Trinajstić information content (AvgIpc) is 2.52. The molecule has 0 aliphatic carbocycles. The Bertz CT molecular complexity index is 559. The van der Waals surface area contributed by atoms with E-state index in [0.29, 0.717) is 37.0 Å². The molecule has 1 atom stereocenters. The van der Waals surface area contributed by atoms with Gasteiger partial charge < -0.3 is 20.3 Å². The van der Waals surface area contributed by atoms with E-state index in [-0.39, 0.29) is 11.8 Å². The second-order valence-corrected chi connectivity index (χ2v) is 6.20. The molecule has 0 aromatic heterocycles. The van der Waals surface area contributed by atoms with Crippen LogP contribution in [0.4, 0.5) is 10.5 Å². The summed E-state index contributed by atoms with van der Waals surface area (Å²) >= 11 is 5.89. The molecule has 2 N–H and O–H groups in total. The first-order chi connectivity index (χ1) is 11.0. The van der Waals surface area contributed by atoms with Crippen LogP contribution in [0.1, 0.15) is 13.8 Å². The van der Waals surface area contributed by atoms with Crippen molar-refractivity contribution in [2.24, 2.45) is 5.92 Å². The molecule has 7 heteroatoms. The molecule has 6 nitrogen and oxygen atoms in total. The van der Waals surface area contributed by atoms with Crippen molar-refractivity contribution in [3.05, 3.63) is 29.3 Å². The Morgan fingerprint density at radius 3 is 2.57 bits per heavy atom. The van der Waals surface area contributed by atoms with Crippen molar-refractivity contribution >= 4 is 29.2 Å². The van der Waals surface area contributed by atoms with E-state index < -0.39 is 12.1 Å². The normalized spacial score (nSPS) is 16.1. The number of carbonyl (C=O) groups excluding carboxylic acids is 2. The molecule has 1 saturated heterocycles. The molecule has 1 heterocycles.